The number of benzene rings is 1. The summed E-state index contributed by atoms with van der Waals surface area (Å²) in [5.41, 5.74) is 1.46. The fourth-order valence-electron chi connectivity index (χ4n) is 2.01. The van der Waals surface area contributed by atoms with E-state index in [9.17, 15) is 4.79 Å². The third-order valence-electron chi connectivity index (χ3n) is 3.24. The SMILES string of the molecule is Cc1nnc(-c2ccc(NC(=O)NCc3nccn3C)cc2)o1. The fraction of sp³-hybridized carbons (Fsp3) is 0.200. The molecule has 0 fully saturated rings. The van der Waals surface area contributed by atoms with Crippen molar-refractivity contribution in [2.75, 3.05) is 5.32 Å². The standard InChI is InChI=1S/C15H16N6O2/c1-10-19-20-14(23-10)11-3-5-12(6-4-11)18-15(22)17-9-13-16-7-8-21(13)2/h3-8H,9H2,1-2H3,(H2,17,18,22). The predicted octanol–water partition coefficient (Wildman–Crippen LogP) is 2.10. The number of nitrogens with one attached hydrogen (secondary N) is 2. The zero-order valence-corrected chi connectivity index (χ0v) is 12.8. The van der Waals surface area contributed by atoms with Gasteiger partial charge in [0.15, 0.2) is 0 Å². The first kappa shape index (κ1) is 14.8. The summed E-state index contributed by atoms with van der Waals surface area (Å²) in [7, 11) is 1.87. The van der Waals surface area contributed by atoms with Gasteiger partial charge in [0.25, 0.3) is 0 Å². The van der Waals surface area contributed by atoms with Gasteiger partial charge in [0.2, 0.25) is 11.8 Å². The van der Waals surface area contributed by atoms with Crippen LogP contribution in [0.1, 0.15) is 11.7 Å². The molecule has 2 heterocycles. The minimum atomic E-state index is -0.297. The van der Waals surface area contributed by atoms with E-state index in [1.807, 2.05) is 17.8 Å². The molecule has 3 aromatic rings. The van der Waals surface area contributed by atoms with Crippen molar-refractivity contribution >= 4 is 11.7 Å². The maximum atomic E-state index is 11.9. The van der Waals surface area contributed by atoms with Crippen LogP contribution in [0.3, 0.4) is 0 Å². The van der Waals surface area contributed by atoms with E-state index in [4.69, 9.17) is 4.42 Å². The van der Waals surface area contributed by atoms with Crippen molar-refractivity contribution in [2.45, 2.75) is 13.5 Å². The highest BCUT2D eigenvalue weighted by Crippen LogP contribution is 2.19. The van der Waals surface area contributed by atoms with Crippen LogP contribution in [-0.2, 0) is 13.6 Å². The molecule has 0 spiro atoms. The van der Waals surface area contributed by atoms with Crippen molar-refractivity contribution in [2.24, 2.45) is 7.05 Å². The van der Waals surface area contributed by atoms with Crippen molar-refractivity contribution in [3.63, 3.8) is 0 Å². The molecule has 0 atom stereocenters. The van der Waals surface area contributed by atoms with Gasteiger partial charge >= 0.3 is 6.03 Å². The molecule has 118 valence electrons. The predicted molar refractivity (Wildman–Crippen MR) is 83.5 cm³/mol. The Morgan fingerprint density at radius 3 is 2.65 bits per heavy atom. The molecule has 3 rings (SSSR count). The molecule has 8 heteroatoms. The molecule has 2 amide bonds. The lowest BCUT2D eigenvalue weighted by molar-refractivity contribution is 0.251. The first-order valence-electron chi connectivity index (χ1n) is 7.03. The third-order valence-corrected chi connectivity index (χ3v) is 3.24. The van der Waals surface area contributed by atoms with Gasteiger partial charge in [0, 0.05) is 37.6 Å². The molecule has 2 N–H and O–H groups in total. The Bertz CT molecular complexity index is 805. The van der Waals surface area contributed by atoms with E-state index in [0.29, 0.717) is 24.0 Å². The molecule has 2 aromatic heterocycles. The van der Waals surface area contributed by atoms with Gasteiger partial charge in [-0.05, 0) is 24.3 Å². The van der Waals surface area contributed by atoms with E-state index < -0.39 is 0 Å². The second-order valence-corrected chi connectivity index (χ2v) is 4.97. The van der Waals surface area contributed by atoms with Crippen LogP contribution in [0.15, 0.2) is 41.1 Å². The van der Waals surface area contributed by atoms with E-state index in [2.05, 4.69) is 25.8 Å². The fourth-order valence-corrected chi connectivity index (χ4v) is 2.01. The largest absolute Gasteiger partial charge is 0.421 e. The Kier molecular flexibility index (Phi) is 4.05. The molecule has 0 unspecified atom stereocenters. The Labute approximate surface area is 132 Å². The average Bonchev–Trinajstić information content (AvgIpc) is 3.15. The quantitative estimate of drug-likeness (QED) is 0.769. The lowest BCUT2D eigenvalue weighted by atomic mass is 10.2. The number of amides is 2. The number of nitrogens with zero attached hydrogens (tertiary/aromatic N) is 4. The first-order chi connectivity index (χ1) is 11.1. The smallest absolute Gasteiger partial charge is 0.319 e. The van der Waals surface area contributed by atoms with Crippen LogP contribution >= 0.6 is 0 Å². The number of hydrogen-bond acceptors (Lipinski definition) is 5. The van der Waals surface area contributed by atoms with Gasteiger partial charge in [0.05, 0.1) is 6.54 Å². The van der Waals surface area contributed by atoms with Crippen LogP contribution in [-0.4, -0.2) is 25.8 Å². The Morgan fingerprint density at radius 1 is 1.26 bits per heavy atom. The van der Waals surface area contributed by atoms with E-state index in [1.54, 1.807) is 37.4 Å². The number of anilines is 1. The molecule has 0 saturated carbocycles. The molecular weight excluding hydrogens is 296 g/mol. The van der Waals surface area contributed by atoms with E-state index in [-0.39, 0.29) is 6.03 Å². The van der Waals surface area contributed by atoms with Gasteiger partial charge in [0.1, 0.15) is 5.82 Å². The van der Waals surface area contributed by atoms with Gasteiger partial charge in [-0.1, -0.05) is 0 Å². The summed E-state index contributed by atoms with van der Waals surface area (Å²) >= 11 is 0. The van der Waals surface area contributed by atoms with Crippen molar-refractivity contribution in [3.8, 4) is 11.5 Å². The summed E-state index contributed by atoms with van der Waals surface area (Å²) in [5, 5.41) is 13.2. The van der Waals surface area contributed by atoms with Crippen LogP contribution in [0.2, 0.25) is 0 Å². The number of carbonyl (C=O) groups excluding carboxylic acids is 1. The molecule has 0 saturated heterocycles. The highest BCUT2D eigenvalue weighted by atomic mass is 16.4. The number of urea groups is 1. The van der Waals surface area contributed by atoms with Crippen LogP contribution in [0.4, 0.5) is 10.5 Å². The maximum absolute atomic E-state index is 11.9. The third kappa shape index (κ3) is 3.54. The first-order valence-corrected chi connectivity index (χ1v) is 7.03. The molecular formula is C15H16N6O2. The number of aromatic nitrogens is 4. The zero-order chi connectivity index (χ0) is 16.2. The van der Waals surface area contributed by atoms with E-state index in [1.165, 1.54) is 0 Å². The van der Waals surface area contributed by atoms with Crippen LogP contribution in [0.5, 0.6) is 0 Å². The molecule has 8 nitrogen and oxygen atoms in total. The van der Waals surface area contributed by atoms with Gasteiger partial charge in [-0.3, -0.25) is 0 Å². The van der Waals surface area contributed by atoms with Crippen molar-refractivity contribution in [1.82, 2.24) is 25.1 Å². The maximum Gasteiger partial charge on any atom is 0.319 e. The topological polar surface area (TPSA) is 97.9 Å². The molecule has 0 aliphatic rings. The van der Waals surface area contributed by atoms with Crippen LogP contribution in [0, 0.1) is 6.92 Å². The Balaban J connectivity index is 1.57. The van der Waals surface area contributed by atoms with Crippen LogP contribution < -0.4 is 10.6 Å². The second kappa shape index (κ2) is 6.30. The number of carbonyl (C=O) groups is 1. The van der Waals surface area contributed by atoms with Crippen molar-refractivity contribution < 1.29 is 9.21 Å². The molecule has 23 heavy (non-hydrogen) atoms. The summed E-state index contributed by atoms with van der Waals surface area (Å²) in [6, 6.07) is 6.86. The summed E-state index contributed by atoms with van der Waals surface area (Å²) in [6.07, 6.45) is 3.51. The normalized spacial score (nSPS) is 10.5. The van der Waals surface area contributed by atoms with Gasteiger partial charge in [-0.25, -0.2) is 9.78 Å². The number of hydrogen-bond donors (Lipinski definition) is 2. The zero-order valence-electron chi connectivity index (χ0n) is 12.8. The summed E-state index contributed by atoms with van der Waals surface area (Å²) < 4.78 is 7.20. The molecule has 0 aliphatic carbocycles. The van der Waals surface area contributed by atoms with Gasteiger partial charge < -0.3 is 19.6 Å². The minimum absolute atomic E-state index is 0.297. The van der Waals surface area contributed by atoms with Crippen molar-refractivity contribution in [3.05, 3.63) is 48.4 Å². The molecule has 0 bridgehead atoms. The van der Waals surface area contributed by atoms with E-state index in [0.717, 1.165) is 11.4 Å². The summed E-state index contributed by atoms with van der Waals surface area (Å²) in [5.74, 6) is 1.74. The number of rotatable bonds is 4. The summed E-state index contributed by atoms with van der Waals surface area (Å²) in [6.45, 7) is 2.09. The lowest BCUT2D eigenvalue weighted by Gasteiger charge is -2.08. The van der Waals surface area contributed by atoms with Crippen LogP contribution in [0.25, 0.3) is 11.5 Å². The monoisotopic (exact) mass is 312 g/mol. The number of aryl methyl sites for hydroxylation is 2. The highest BCUT2D eigenvalue weighted by molar-refractivity contribution is 5.89. The Morgan fingerprint density at radius 2 is 2.04 bits per heavy atom. The lowest BCUT2D eigenvalue weighted by Crippen LogP contribution is -2.29. The van der Waals surface area contributed by atoms with Gasteiger partial charge in [-0.15, -0.1) is 10.2 Å². The minimum Gasteiger partial charge on any atom is -0.421 e. The second-order valence-electron chi connectivity index (χ2n) is 4.97. The average molecular weight is 312 g/mol. The number of imidazole rings is 1. The molecule has 0 radical (unpaired) electrons. The molecule has 1 aromatic carbocycles. The van der Waals surface area contributed by atoms with Crippen molar-refractivity contribution in [1.29, 1.82) is 0 Å². The summed E-state index contributed by atoms with van der Waals surface area (Å²) in [4.78, 5) is 16.0. The molecule has 0 aliphatic heterocycles. The Hall–Kier alpha value is -3.16. The highest BCUT2D eigenvalue weighted by Gasteiger charge is 2.07. The van der Waals surface area contributed by atoms with E-state index >= 15 is 0 Å². The van der Waals surface area contributed by atoms with Gasteiger partial charge in [-0.2, -0.15) is 0 Å².